The SMILES string of the molecule is Brc1cnn(Cc2cnc(NCc3ccc4c(c3)OCO4)s2)c1. The molecule has 0 fully saturated rings. The van der Waals surface area contributed by atoms with Gasteiger partial charge < -0.3 is 14.8 Å². The van der Waals surface area contributed by atoms with E-state index in [0.29, 0.717) is 13.3 Å². The van der Waals surface area contributed by atoms with Crippen molar-refractivity contribution in [3.05, 3.63) is 51.7 Å². The molecule has 1 aliphatic rings. The highest BCUT2D eigenvalue weighted by Gasteiger charge is 2.13. The summed E-state index contributed by atoms with van der Waals surface area (Å²) < 4.78 is 13.5. The number of thiazole rings is 1. The van der Waals surface area contributed by atoms with Crippen LogP contribution >= 0.6 is 27.3 Å². The zero-order chi connectivity index (χ0) is 15.6. The molecule has 0 spiro atoms. The van der Waals surface area contributed by atoms with Crippen molar-refractivity contribution < 1.29 is 9.47 Å². The number of fused-ring (bicyclic) bond motifs is 1. The van der Waals surface area contributed by atoms with E-state index in [1.165, 1.54) is 0 Å². The zero-order valence-corrected chi connectivity index (χ0v) is 14.4. The van der Waals surface area contributed by atoms with Crippen molar-refractivity contribution >= 4 is 32.4 Å². The summed E-state index contributed by atoms with van der Waals surface area (Å²) in [6, 6.07) is 5.95. The third-order valence-corrected chi connectivity index (χ3v) is 4.70. The van der Waals surface area contributed by atoms with E-state index in [1.807, 2.05) is 35.3 Å². The Kier molecular flexibility index (Phi) is 3.92. The van der Waals surface area contributed by atoms with Gasteiger partial charge in [-0.15, -0.1) is 11.3 Å². The van der Waals surface area contributed by atoms with Crippen molar-refractivity contribution in [1.82, 2.24) is 14.8 Å². The number of hydrogen-bond donors (Lipinski definition) is 1. The summed E-state index contributed by atoms with van der Waals surface area (Å²) in [6.45, 7) is 1.71. The average Bonchev–Trinajstić information content (AvgIpc) is 3.26. The first-order valence-corrected chi connectivity index (χ1v) is 8.62. The van der Waals surface area contributed by atoms with Crippen LogP contribution in [0.5, 0.6) is 11.5 Å². The van der Waals surface area contributed by atoms with Gasteiger partial charge in [0.2, 0.25) is 6.79 Å². The standard InChI is InChI=1S/C15H13BrN4O2S/c16-11-5-19-20(7-11)8-12-6-18-15(23-12)17-4-10-1-2-13-14(3-10)22-9-21-13/h1-3,5-7H,4,8-9H2,(H,17,18). The fourth-order valence-corrected chi connectivity index (χ4v) is 3.40. The lowest BCUT2D eigenvalue weighted by Gasteiger charge is -2.04. The predicted molar refractivity (Wildman–Crippen MR) is 91.0 cm³/mol. The Morgan fingerprint density at radius 1 is 1.26 bits per heavy atom. The second-order valence-corrected chi connectivity index (χ2v) is 7.06. The third-order valence-electron chi connectivity index (χ3n) is 3.35. The molecule has 118 valence electrons. The summed E-state index contributed by atoms with van der Waals surface area (Å²) >= 11 is 5.02. The van der Waals surface area contributed by atoms with Crippen LogP contribution in [0.3, 0.4) is 0 Å². The average molecular weight is 393 g/mol. The van der Waals surface area contributed by atoms with Crippen molar-refractivity contribution in [2.75, 3.05) is 12.1 Å². The second-order valence-electron chi connectivity index (χ2n) is 5.03. The van der Waals surface area contributed by atoms with Crippen LogP contribution in [-0.2, 0) is 13.1 Å². The lowest BCUT2D eigenvalue weighted by Crippen LogP contribution is -1.98. The second kappa shape index (κ2) is 6.21. The van der Waals surface area contributed by atoms with Gasteiger partial charge in [-0.25, -0.2) is 4.98 Å². The van der Waals surface area contributed by atoms with Crippen molar-refractivity contribution in [2.24, 2.45) is 0 Å². The first-order chi connectivity index (χ1) is 11.3. The van der Waals surface area contributed by atoms with E-state index in [4.69, 9.17) is 9.47 Å². The van der Waals surface area contributed by atoms with Crippen LogP contribution in [0.15, 0.2) is 41.3 Å². The minimum Gasteiger partial charge on any atom is -0.454 e. The first kappa shape index (κ1) is 14.5. The highest BCUT2D eigenvalue weighted by molar-refractivity contribution is 9.10. The molecular formula is C15H13BrN4O2S. The summed E-state index contributed by atoms with van der Waals surface area (Å²) in [7, 11) is 0. The molecule has 2 aromatic heterocycles. The number of rotatable bonds is 5. The van der Waals surface area contributed by atoms with E-state index in [9.17, 15) is 0 Å². The Morgan fingerprint density at radius 2 is 2.17 bits per heavy atom. The van der Waals surface area contributed by atoms with Gasteiger partial charge in [0.25, 0.3) is 0 Å². The Bertz CT molecular complexity index is 833. The van der Waals surface area contributed by atoms with E-state index in [1.54, 1.807) is 17.5 Å². The summed E-state index contributed by atoms with van der Waals surface area (Å²) in [4.78, 5) is 5.55. The molecule has 0 unspecified atom stereocenters. The molecule has 0 amide bonds. The largest absolute Gasteiger partial charge is 0.454 e. The molecule has 0 saturated carbocycles. The number of benzene rings is 1. The number of nitrogens with one attached hydrogen (secondary N) is 1. The minimum atomic E-state index is 0.297. The zero-order valence-electron chi connectivity index (χ0n) is 12.0. The monoisotopic (exact) mass is 392 g/mol. The minimum absolute atomic E-state index is 0.297. The maximum Gasteiger partial charge on any atom is 0.231 e. The molecule has 4 rings (SSSR count). The van der Waals surface area contributed by atoms with Gasteiger partial charge in [-0.05, 0) is 33.6 Å². The van der Waals surface area contributed by atoms with Crippen LogP contribution in [0.25, 0.3) is 0 Å². The summed E-state index contributed by atoms with van der Waals surface area (Å²) in [5.41, 5.74) is 1.13. The molecule has 1 aliphatic heterocycles. The first-order valence-electron chi connectivity index (χ1n) is 7.01. The molecular weight excluding hydrogens is 380 g/mol. The van der Waals surface area contributed by atoms with E-state index < -0.39 is 0 Å². The number of halogens is 1. The summed E-state index contributed by atoms with van der Waals surface area (Å²) in [5.74, 6) is 1.60. The lowest BCUT2D eigenvalue weighted by atomic mass is 10.2. The molecule has 1 N–H and O–H groups in total. The van der Waals surface area contributed by atoms with E-state index in [0.717, 1.165) is 38.1 Å². The van der Waals surface area contributed by atoms with E-state index in [2.05, 4.69) is 31.3 Å². The summed E-state index contributed by atoms with van der Waals surface area (Å²) in [6.07, 6.45) is 5.60. The van der Waals surface area contributed by atoms with Crippen LogP contribution in [0.4, 0.5) is 5.13 Å². The van der Waals surface area contributed by atoms with Crippen LogP contribution < -0.4 is 14.8 Å². The number of ether oxygens (including phenoxy) is 2. The normalized spacial score (nSPS) is 12.6. The molecule has 8 heteroatoms. The fourth-order valence-electron chi connectivity index (χ4n) is 2.28. The molecule has 1 aromatic carbocycles. The fraction of sp³-hybridized carbons (Fsp3) is 0.200. The molecule has 23 heavy (non-hydrogen) atoms. The van der Waals surface area contributed by atoms with Crippen molar-refractivity contribution in [2.45, 2.75) is 13.1 Å². The number of nitrogens with zero attached hydrogens (tertiary/aromatic N) is 3. The van der Waals surface area contributed by atoms with Crippen LogP contribution in [0.2, 0.25) is 0 Å². The van der Waals surface area contributed by atoms with Crippen molar-refractivity contribution in [3.63, 3.8) is 0 Å². The number of hydrogen-bond acceptors (Lipinski definition) is 6. The van der Waals surface area contributed by atoms with Gasteiger partial charge >= 0.3 is 0 Å². The highest BCUT2D eigenvalue weighted by atomic mass is 79.9. The smallest absolute Gasteiger partial charge is 0.231 e. The molecule has 0 aliphatic carbocycles. The Balaban J connectivity index is 1.38. The number of aromatic nitrogens is 3. The van der Waals surface area contributed by atoms with Gasteiger partial charge in [-0.3, -0.25) is 4.68 Å². The van der Waals surface area contributed by atoms with E-state index in [-0.39, 0.29) is 0 Å². The molecule has 0 radical (unpaired) electrons. The maximum absolute atomic E-state index is 5.39. The van der Waals surface area contributed by atoms with Crippen LogP contribution in [0.1, 0.15) is 10.4 Å². The van der Waals surface area contributed by atoms with Gasteiger partial charge in [0, 0.05) is 23.8 Å². The Hall–Kier alpha value is -2.06. The third kappa shape index (κ3) is 3.32. The quantitative estimate of drug-likeness (QED) is 0.719. The molecule has 0 atom stereocenters. The molecule has 3 heterocycles. The molecule has 0 saturated heterocycles. The highest BCUT2D eigenvalue weighted by Crippen LogP contribution is 2.32. The topological polar surface area (TPSA) is 61.2 Å². The molecule has 6 nitrogen and oxygen atoms in total. The Labute approximate surface area is 145 Å². The predicted octanol–water partition coefficient (Wildman–Crippen LogP) is 3.49. The van der Waals surface area contributed by atoms with Gasteiger partial charge in [0.05, 0.1) is 17.2 Å². The van der Waals surface area contributed by atoms with Gasteiger partial charge in [-0.1, -0.05) is 6.07 Å². The number of anilines is 1. The lowest BCUT2D eigenvalue weighted by molar-refractivity contribution is 0.174. The van der Waals surface area contributed by atoms with Crippen LogP contribution in [0, 0.1) is 0 Å². The van der Waals surface area contributed by atoms with Gasteiger partial charge in [0.15, 0.2) is 16.6 Å². The van der Waals surface area contributed by atoms with E-state index >= 15 is 0 Å². The molecule has 3 aromatic rings. The van der Waals surface area contributed by atoms with Crippen molar-refractivity contribution in [3.8, 4) is 11.5 Å². The van der Waals surface area contributed by atoms with Gasteiger partial charge in [0.1, 0.15) is 0 Å². The maximum atomic E-state index is 5.39. The van der Waals surface area contributed by atoms with Gasteiger partial charge in [-0.2, -0.15) is 5.10 Å². The van der Waals surface area contributed by atoms with Crippen molar-refractivity contribution in [1.29, 1.82) is 0 Å². The summed E-state index contributed by atoms with van der Waals surface area (Å²) in [5, 5.41) is 8.48. The van der Waals surface area contributed by atoms with Crippen LogP contribution in [-0.4, -0.2) is 21.6 Å². The Morgan fingerprint density at radius 3 is 3.04 bits per heavy atom. The molecule has 0 bridgehead atoms.